The van der Waals surface area contributed by atoms with Crippen LogP contribution in [0.2, 0.25) is 0 Å². The highest BCUT2D eigenvalue weighted by atomic mass is 79.9. The Kier molecular flexibility index (Phi) is 5.17. The molecule has 0 saturated heterocycles. The minimum Gasteiger partial charge on any atom is -0.493 e. The van der Waals surface area contributed by atoms with E-state index < -0.39 is 12.5 Å². The van der Waals surface area contributed by atoms with Crippen LogP contribution in [-0.2, 0) is 11.3 Å². The van der Waals surface area contributed by atoms with E-state index in [0.717, 1.165) is 5.56 Å². The molecule has 0 aliphatic rings. The minimum absolute atomic E-state index is 0.0685. The topological polar surface area (TPSA) is 18.5 Å². The van der Waals surface area contributed by atoms with Crippen LogP contribution in [0.15, 0.2) is 48.5 Å². The van der Waals surface area contributed by atoms with Crippen LogP contribution in [0.25, 0.3) is 0 Å². The number of benzene rings is 2. The highest BCUT2D eigenvalue weighted by molar-refractivity contribution is 9.08. The Morgan fingerprint density at radius 3 is 2.38 bits per heavy atom. The zero-order chi connectivity index (χ0) is 15.3. The van der Waals surface area contributed by atoms with Gasteiger partial charge < -0.3 is 9.47 Å². The van der Waals surface area contributed by atoms with Gasteiger partial charge in [-0.15, -0.1) is 0 Å². The number of rotatable bonds is 6. The van der Waals surface area contributed by atoms with Gasteiger partial charge >= 0.3 is 5.92 Å². The van der Waals surface area contributed by atoms with Crippen LogP contribution in [0.5, 0.6) is 11.5 Å². The van der Waals surface area contributed by atoms with Crippen molar-refractivity contribution in [2.45, 2.75) is 11.3 Å². The van der Waals surface area contributed by atoms with Gasteiger partial charge in [-0.05, 0) is 17.7 Å². The van der Waals surface area contributed by atoms with E-state index in [1.54, 1.807) is 36.4 Å². The molecule has 2 nitrogen and oxygen atoms in total. The fourth-order valence-corrected chi connectivity index (χ4v) is 2.20. The van der Waals surface area contributed by atoms with Crippen molar-refractivity contribution in [3.05, 3.63) is 59.7 Å². The molecule has 0 aliphatic heterocycles. The van der Waals surface area contributed by atoms with Crippen molar-refractivity contribution in [1.29, 1.82) is 0 Å². The summed E-state index contributed by atoms with van der Waals surface area (Å²) in [6.45, 7) is -0.735. The molecule has 0 heterocycles. The zero-order valence-electron chi connectivity index (χ0n) is 11.5. The predicted molar refractivity (Wildman–Crippen MR) is 81.5 cm³/mol. The van der Waals surface area contributed by atoms with Crippen LogP contribution in [-0.4, -0.2) is 13.7 Å². The molecule has 0 saturated carbocycles. The highest BCUT2D eigenvalue weighted by Gasteiger charge is 2.32. The summed E-state index contributed by atoms with van der Waals surface area (Å²) in [5, 5.41) is 0.657. The first-order valence-electron chi connectivity index (χ1n) is 6.36. The fraction of sp³-hybridized carbons (Fsp3) is 0.250. The lowest BCUT2D eigenvalue weighted by Gasteiger charge is -2.18. The quantitative estimate of drug-likeness (QED) is 0.694. The van der Waals surface area contributed by atoms with E-state index in [1.165, 1.54) is 19.2 Å². The molecule has 0 N–H and O–H groups in total. The normalized spacial score (nSPS) is 11.2. The average Bonchev–Trinajstić information content (AvgIpc) is 2.53. The lowest BCUT2D eigenvalue weighted by atomic mass is 10.1. The second-order valence-electron chi connectivity index (χ2n) is 4.48. The molecule has 0 spiro atoms. The van der Waals surface area contributed by atoms with Gasteiger partial charge in [-0.2, -0.15) is 8.78 Å². The largest absolute Gasteiger partial charge is 0.493 e. The molecule has 0 amide bonds. The Morgan fingerprint density at radius 1 is 1.05 bits per heavy atom. The molecule has 2 aromatic rings. The van der Waals surface area contributed by atoms with Crippen LogP contribution in [0.3, 0.4) is 0 Å². The molecular formula is C16H15BrF2O2. The molecule has 0 fully saturated rings. The SMILES string of the molecule is COc1cc(CBr)ccc1OCC(F)(F)c1ccccc1. The van der Waals surface area contributed by atoms with Crippen LogP contribution in [0, 0.1) is 0 Å². The first-order chi connectivity index (χ1) is 10.1. The Labute approximate surface area is 130 Å². The van der Waals surface area contributed by atoms with Crippen molar-refractivity contribution in [2.75, 3.05) is 13.7 Å². The molecule has 2 rings (SSSR count). The molecule has 0 atom stereocenters. The fourth-order valence-electron chi connectivity index (χ4n) is 1.85. The summed E-state index contributed by atoms with van der Waals surface area (Å²) >= 11 is 3.33. The van der Waals surface area contributed by atoms with Crippen LogP contribution in [0.4, 0.5) is 8.78 Å². The lowest BCUT2D eigenvalue weighted by Crippen LogP contribution is -2.23. The molecule has 0 bridgehead atoms. The number of hydrogen-bond acceptors (Lipinski definition) is 2. The van der Waals surface area contributed by atoms with Crippen molar-refractivity contribution in [1.82, 2.24) is 0 Å². The summed E-state index contributed by atoms with van der Waals surface area (Å²) in [6, 6.07) is 12.8. The van der Waals surface area contributed by atoms with Crippen molar-refractivity contribution in [3.8, 4) is 11.5 Å². The molecule has 0 unspecified atom stereocenters. The maximum Gasteiger partial charge on any atom is 0.306 e. The van der Waals surface area contributed by atoms with Crippen molar-refractivity contribution >= 4 is 15.9 Å². The number of ether oxygens (including phenoxy) is 2. The van der Waals surface area contributed by atoms with Crippen LogP contribution < -0.4 is 9.47 Å². The van der Waals surface area contributed by atoms with E-state index in [2.05, 4.69) is 15.9 Å². The summed E-state index contributed by atoms with van der Waals surface area (Å²) < 4.78 is 38.5. The van der Waals surface area contributed by atoms with Gasteiger partial charge in [0.2, 0.25) is 0 Å². The summed E-state index contributed by atoms with van der Waals surface area (Å²) in [5.74, 6) is -2.31. The molecular weight excluding hydrogens is 342 g/mol. The van der Waals surface area contributed by atoms with Crippen LogP contribution in [0.1, 0.15) is 11.1 Å². The van der Waals surface area contributed by atoms with Crippen LogP contribution >= 0.6 is 15.9 Å². The monoisotopic (exact) mass is 356 g/mol. The molecule has 21 heavy (non-hydrogen) atoms. The number of methoxy groups -OCH3 is 1. The van der Waals surface area contributed by atoms with Gasteiger partial charge in [0.1, 0.15) is 0 Å². The van der Waals surface area contributed by atoms with E-state index in [9.17, 15) is 8.78 Å². The van der Waals surface area contributed by atoms with E-state index in [4.69, 9.17) is 9.47 Å². The summed E-state index contributed by atoms with van der Waals surface area (Å²) in [6.07, 6.45) is 0. The third-order valence-electron chi connectivity index (χ3n) is 2.99. The smallest absolute Gasteiger partial charge is 0.306 e. The third kappa shape index (κ3) is 3.94. The standard InChI is InChI=1S/C16H15BrF2O2/c1-20-15-9-12(10-17)7-8-14(15)21-11-16(18,19)13-5-3-2-4-6-13/h2-9H,10-11H2,1H3. The number of hydrogen-bond donors (Lipinski definition) is 0. The van der Waals surface area contributed by atoms with Gasteiger partial charge in [0.25, 0.3) is 0 Å². The van der Waals surface area contributed by atoms with E-state index >= 15 is 0 Å². The summed E-state index contributed by atoms with van der Waals surface area (Å²) in [5.41, 5.74) is 0.912. The average molecular weight is 357 g/mol. The lowest BCUT2D eigenvalue weighted by molar-refractivity contribution is -0.0472. The van der Waals surface area contributed by atoms with Crippen molar-refractivity contribution in [3.63, 3.8) is 0 Å². The molecule has 0 radical (unpaired) electrons. The van der Waals surface area contributed by atoms with Crippen molar-refractivity contribution < 1.29 is 18.3 Å². The zero-order valence-corrected chi connectivity index (χ0v) is 13.1. The van der Waals surface area contributed by atoms with Gasteiger partial charge in [0.05, 0.1) is 7.11 Å². The maximum atomic E-state index is 14.0. The van der Waals surface area contributed by atoms with Crippen molar-refractivity contribution in [2.24, 2.45) is 0 Å². The molecule has 0 aliphatic carbocycles. The Morgan fingerprint density at radius 2 is 1.76 bits per heavy atom. The molecule has 2 aromatic carbocycles. The molecule has 5 heteroatoms. The van der Waals surface area contributed by atoms with E-state index in [0.29, 0.717) is 16.8 Å². The maximum absolute atomic E-state index is 14.0. The Bertz CT molecular complexity index is 588. The third-order valence-corrected chi connectivity index (χ3v) is 3.63. The van der Waals surface area contributed by atoms with Gasteiger partial charge in [-0.25, -0.2) is 0 Å². The van der Waals surface area contributed by atoms with Gasteiger partial charge in [0, 0.05) is 10.9 Å². The van der Waals surface area contributed by atoms with E-state index in [-0.39, 0.29) is 5.56 Å². The molecule has 0 aromatic heterocycles. The Hall–Kier alpha value is -1.62. The van der Waals surface area contributed by atoms with Gasteiger partial charge in [-0.3, -0.25) is 0 Å². The minimum atomic E-state index is -3.06. The molecule has 112 valence electrons. The highest BCUT2D eigenvalue weighted by Crippen LogP contribution is 2.33. The number of alkyl halides is 3. The first kappa shape index (κ1) is 15.8. The second-order valence-corrected chi connectivity index (χ2v) is 5.04. The summed E-state index contributed by atoms with van der Waals surface area (Å²) in [4.78, 5) is 0. The predicted octanol–water partition coefficient (Wildman–Crippen LogP) is 4.76. The second kappa shape index (κ2) is 6.89. The first-order valence-corrected chi connectivity index (χ1v) is 7.48. The summed E-state index contributed by atoms with van der Waals surface area (Å²) in [7, 11) is 1.48. The Balaban J connectivity index is 2.12. The van der Waals surface area contributed by atoms with E-state index in [1.807, 2.05) is 0 Å². The number of halogens is 3. The van der Waals surface area contributed by atoms with Gasteiger partial charge in [0.15, 0.2) is 18.1 Å². The van der Waals surface area contributed by atoms with Gasteiger partial charge in [-0.1, -0.05) is 52.3 Å².